The Hall–Kier alpha value is -6.38. The van der Waals surface area contributed by atoms with Crippen LogP contribution in [0.5, 0.6) is 0 Å². The minimum atomic E-state index is 0.197. The van der Waals surface area contributed by atoms with Gasteiger partial charge in [0, 0.05) is 33.1 Å². The lowest BCUT2D eigenvalue weighted by atomic mass is 9.27. The standard InChI is InChI=1S/C62H51NO/c1-2-12-40(13-3-1)46-19-10-14-41-15-11-20-51(60(41)46)49-17-5-8-22-55(49)63(45-29-31-57-52(36-45)50-18-6-9-23-56(50)64-57)44-27-24-39(25-28-44)42-26-30-48-47-16-4-7-21-53(47)62(54(48)34-42)58-33-38-32-43-35-59(62)61(43,58)37-38/h4-11,14-31,34,36,38,40,43,58-59H,1-3,12-13,32-33,35,37H2. The van der Waals surface area contributed by atoms with Crippen LogP contribution in [0.25, 0.3) is 66.1 Å². The number of hydrogen-bond acceptors (Lipinski definition) is 2. The van der Waals surface area contributed by atoms with Crippen LogP contribution in [0.3, 0.4) is 0 Å². The van der Waals surface area contributed by atoms with Crippen molar-refractivity contribution in [3.63, 3.8) is 0 Å². The second-order valence-corrected chi connectivity index (χ2v) is 20.6. The van der Waals surface area contributed by atoms with Gasteiger partial charge in [-0.1, -0.05) is 141 Å². The van der Waals surface area contributed by atoms with Crippen LogP contribution in [0.2, 0.25) is 0 Å². The Morgan fingerprint density at radius 3 is 2.11 bits per heavy atom. The lowest BCUT2D eigenvalue weighted by Gasteiger charge is -2.76. The molecule has 6 aliphatic carbocycles. The molecule has 0 saturated heterocycles. The van der Waals surface area contributed by atoms with Crippen LogP contribution in [0, 0.1) is 29.1 Å². The number of furan rings is 1. The quantitative estimate of drug-likeness (QED) is 0.166. The Labute approximate surface area is 375 Å². The van der Waals surface area contributed by atoms with Crippen LogP contribution in [0.15, 0.2) is 174 Å². The van der Waals surface area contributed by atoms with Gasteiger partial charge in [-0.25, -0.2) is 0 Å². The summed E-state index contributed by atoms with van der Waals surface area (Å²) in [5, 5.41) is 5.01. The molecule has 2 spiro atoms. The van der Waals surface area contributed by atoms with Crippen LogP contribution < -0.4 is 4.90 Å². The Balaban J connectivity index is 0.880. The van der Waals surface area contributed by atoms with Crippen molar-refractivity contribution in [2.24, 2.45) is 29.1 Å². The van der Waals surface area contributed by atoms with E-state index in [2.05, 4.69) is 175 Å². The summed E-state index contributed by atoms with van der Waals surface area (Å²) in [5.41, 5.74) is 19.0. The van der Waals surface area contributed by atoms with E-state index in [0.717, 1.165) is 57.0 Å². The number of hydrogen-bond donors (Lipinski definition) is 0. The molecule has 6 unspecified atom stereocenters. The molecule has 310 valence electrons. The first kappa shape index (κ1) is 36.0. The molecular weight excluding hydrogens is 775 g/mol. The van der Waals surface area contributed by atoms with Crippen molar-refractivity contribution in [3.05, 3.63) is 187 Å². The fourth-order valence-electron chi connectivity index (χ4n) is 15.8. The smallest absolute Gasteiger partial charge is 0.135 e. The van der Waals surface area contributed by atoms with Crippen molar-refractivity contribution in [2.75, 3.05) is 4.90 Å². The molecule has 9 aromatic rings. The molecular formula is C62H51NO. The van der Waals surface area contributed by atoms with Crippen LogP contribution in [0.1, 0.15) is 80.4 Å². The average molecular weight is 826 g/mol. The highest BCUT2D eigenvalue weighted by molar-refractivity contribution is 6.08. The van der Waals surface area contributed by atoms with Crippen LogP contribution >= 0.6 is 0 Å². The maximum Gasteiger partial charge on any atom is 0.135 e. The average Bonchev–Trinajstić information content (AvgIpc) is 4.09. The van der Waals surface area contributed by atoms with Crippen LogP contribution in [-0.2, 0) is 5.41 Å². The van der Waals surface area contributed by atoms with Crippen molar-refractivity contribution < 1.29 is 4.42 Å². The number of benzene rings is 8. The Morgan fingerprint density at radius 1 is 0.500 bits per heavy atom. The zero-order chi connectivity index (χ0) is 41.7. The molecule has 6 aliphatic rings. The van der Waals surface area contributed by atoms with Gasteiger partial charge in [0.1, 0.15) is 11.2 Å². The molecule has 15 rings (SSSR count). The maximum absolute atomic E-state index is 6.38. The number of para-hydroxylation sites is 2. The highest BCUT2D eigenvalue weighted by Crippen LogP contribution is 2.89. The third kappa shape index (κ3) is 4.61. The normalized spacial score (nSPS) is 25.9. The lowest BCUT2D eigenvalue weighted by Crippen LogP contribution is -2.73. The van der Waals surface area contributed by atoms with E-state index in [0.29, 0.717) is 11.3 Å². The van der Waals surface area contributed by atoms with E-state index in [1.165, 1.54) is 113 Å². The summed E-state index contributed by atoms with van der Waals surface area (Å²) in [7, 11) is 0. The Kier molecular flexibility index (Phi) is 7.37. The predicted octanol–water partition coefficient (Wildman–Crippen LogP) is 16.9. The molecule has 1 aromatic heterocycles. The van der Waals surface area contributed by atoms with Crippen LogP contribution in [0.4, 0.5) is 17.1 Å². The summed E-state index contributed by atoms with van der Waals surface area (Å²) < 4.78 is 6.38. The Morgan fingerprint density at radius 2 is 1.22 bits per heavy atom. The fraction of sp³-hybridized carbons (Fsp3) is 0.258. The topological polar surface area (TPSA) is 16.4 Å². The molecule has 5 saturated carbocycles. The van der Waals surface area contributed by atoms with Gasteiger partial charge in [0.05, 0.1) is 5.69 Å². The van der Waals surface area contributed by atoms with E-state index in [1.807, 2.05) is 0 Å². The van der Waals surface area contributed by atoms with Gasteiger partial charge >= 0.3 is 0 Å². The van der Waals surface area contributed by atoms with Crippen molar-refractivity contribution in [3.8, 4) is 33.4 Å². The van der Waals surface area contributed by atoms with E-state index in [9.17, 15) is 0 Å². The zero-order valence-corrected chi connectivity index (χ0v) is 36.3. The molecule has 0 N–H and O–H groups in total. The molecule has 2 nitrogen and oxygen atoms in total. The largest absolute Gasteiger partial charge is 0.456 e. The summed E-state index contributed by atoms with van der Waals surface area (Å²) in [6.07, 6.45) is 12.4. The fourth-order valence-corrected chi connectivity index (χ4v) is 15.8. The molecule has 2 bridgehead atoms. The highest BCUT2D eigenvalue weighted by atomic mass is 16.3. The van der Waals surface area contributed by atoms with Crippen LogP contribution in [-0.4, -0.2) is 0 Å². The van der Waals surface area contributed by atoms with E-state index in [4.69, 9.17) is 4.42 Å². The second kappa shape index (κ2) is 13.1. The van der Waals surface area contributed by atoms with Crippen molar-refractivity contribution in [1.29, 1.82) is 0 Å². The van der Waals surface area contributed by atoms with Gasteiger partial charge < -0.3 is 9.32 Å². The second-order valence-electron chi connectivity index (χ2n) is 20.6. The third-order valence-corrected chi connectivity index (χ3v) is 18.1. The summed E-state index contributed by atoms with van der Waals surface area (Å²) in [6.45, 7) is 0. The van der Waals surface area contributed by atoms with Gasteiger partial charge in [0.15, 0.2) is 0 Å². The number of anilines is 3. The minimum absolute atomic E-state index is 0.197. The first-order valence-corrected chi connectivity index (χ1v) is 24.4. The van der Waals surface area contributed by atoms with Crippen molar-refractivity contribution >= 4 is 49.8 Å². The summed E-state index contributed by atoms with van der Waals surface area (Å²) >= 11 is 0. The number of rotatable bonds is 6. The predicted molar refractivity (Wildman–Crippen MR) is 264 cm³/mol. The molecule has 5 fully saturated rings. The first-order chi connectivity index (χ1) is 31.7. The SMILES string of the molecule is c1ccc(N(c2ccc(-c3ccc4c(c3)C3(c5ccccc5-4)C4CC5CC6CC3C64C5)cc2)c2ccc3oc4ccccc4c3c2)c(-c2cccc3cccc(C4CCCCC4)c23)c1. The van der Waals surface area contributed by atoms with Gasteiger partial charge in [-0.3, -0.25) is 0 Å². The summed E-state index contributed by atoms with van der Waals surface area (Å²) in [5.74, 6) is 4.15. The van der Waals surface area contributed by atoms with Gasteiger partial charge in [0.2, 0.25) is 0 Å². The van der Waals surface area contributed by atoms with Crippen molar-refractivity contribution in [2.45, 2.75) is 69.1 Å². The first-order valence-electron chi connectivity index (χ1n) is 24.4. The van der Waals surface area contributed by atoms with E-state index in [1.54, 1.807) is 11.1 Å². The molecule has 0 aliphatic heterocycles. The molecule has 0 radical (unpaired) electrons. The Bertz CT molecular complexity index is 3380. The van der Waals surface area contributed by atoms with Gasteiger partial charge in [-0.15, -0.1) is 0 Å². The van der Waals surface area contributed by atoms with E-state index >= 15 is 0 Å². The van der Waals surface area contributed by atoms with E-state index in [-0.39, 0.29) is 5.41 Å². The lowest BCUT2D eigenvalue weighted by molar-refractivity contribution is -0.231. The van der Waals surface area contributed by atoms with Crippen molar-refractivity contribution in [1.82, 2.24) is 0 Å². The minimum Gasteiger partial charge on any atom is -0.456 e. The molecule has 6 atom stereocenters. The number of nitrogens with zero attached hydrogens (tertiary/aromatic N) is 1. The summed E-state index contributed by atoms with van der Waals surface area (Å²) in [6, 6.07) is 64.7. The number of fused-ring (bicyclic) bond motifs is 12. The molecule has 2 heteroatoms. The molecule has 8 aromatic carbocycles. The van der Waals surface area contributed by atoms with Gasteiger partial charge in [-0.05, 0) is 177 Å². The van der Waals surface area contributed by atoms with Gasteiger partial charge in [0.25, 0.3) is 0 Å². The van der Waals surface area contributed by atoms with Gasteiger partial charge in [-0.2, -0.15) is 0 Å². The highest BCUT2D eigenvalue weighted by Gasteiger charge is 2.84. The van der Waals surface area contributed by atoms with E-state index < -0.39 is 0 Å². The maximum atomic E-state index is 6.38. The molecule has 64 heavy (non-hydrogen) atoms. The summed E-state index contributed by atoms with van der Waals surface area (Å²) in [4.78, 5) is 2.49. The zero-order valence-electron chi connectivity index (χ0n) is 36.3. The molecule has 0 amide bonds. The monoisotopic (exact) mass is 825 g/mol. The third-order valence-electron chi connectivity index (χ3n) is 18.1. The molecule has 1 heterocycles.